The van der Waals surface area contributed by atoms with Gasteiger partial charge in [0.25, 0.3) is 0 Å². The molecule has 0 fully saturated rings. The van der Waals surface area contributed by atoms with E-state index in [1.165, 1.54) is 12.8 Å². The highest BCUT2D eigenvalue weighted by Crippen LogP contribution is 2.03. The molecule has 118 valence electrons. The summed E-state index contributed by atoms with van der Waals surface area (Å²) in [5.74, 6) is -0.351. The average molecular weight is 303 g/mol. The Morgan fingerprint density at radius 1 is 1.36 bits per heavy atom. The van der Waals surface area contributed by atoms with Crippen LogP contribution in [0.15, 0.2) is 48.3 Å². The Kier molecular flexibility index (Phi) is 6.68. The van der Waals surface area contributed by atoms with Crippen LogP contribution in [0.1, 0.15) is 19.8 Å². The molecule has 1 heterocycles. The summed E-state index contributed by atoms with van der Waals surface area (Å²) in [6, 6.07) is 0. The molecule has 0 atom stereocenters. The van der Waals surface area contributed by atoms with Crippen LogP contribution in [0.25, 0.3) is 0 Å². The van der Waals surface area contributed by atoms with Crippen molar-refractivity contribution in [2.45, 2.75) is 32.9 Å². The van der Waals surface area contributed by atoms with Gasteiger partial charge in [0.1, 0.15) is 31.1 Å². The van der Waals surface area contributed by atoms with Gasteiger partial charge in [-0.25, -0.2) is 13.9 Å². The molecule has 1 aliphatic rings. The normalized spacial score (nSPS) is 12.7. The number of hydrogen-bond donors (Lipinski definition) is 0. The Morgan fingerprint density at radius 2 is 2.27 bits per heavy atom. The van der Waals surface area contributed by atoms with Crippen molar-refractivity contribution < 1.29 is 18.8 Å². The number of rotatable bonds is 10. The van der Waals surface area contributed by atoms with E-state index in [1.54, 1.807) is 18.2 Å². The van der Waals surface area contributed by atoms with E-state index in [-0.39, 0.29) is 12.6 Å². The summed E-state index contributed by atoms with van der Waals surface area (Å²) in [7, 11) is 0. The fraction of sp³-hybridized carbons (Fsp3) is 0.471. The standard InChI is InChI=1S/C17H23N2O3/c1-2-3-8-18-9-10-19(15-18)11-12-21-13-14-22-17(20)16-6-4-5-7-16/h4-6,9-10,15H,2-3,8,11-14H2,1H3/q+1. The van der Waals surface area contributed by atoms with Crippen LogP contribution >= 0.6 is 0 Å². The fourth-order valence-electron chi connectivity index (χ4n) is 2.04. The van der Waals surface area contributed by atoms with Crippen molar-refractivity contribution in [2.75, 3.05) is 19.8 Å². The summed E-state index contributed by atoms with van der Waals surface area (Å²) in [4.78, 5) is 11.5. The number of carbonyl (C=O) groups excluding carboxylic acids is 1. The van der Waals surface area contributed by atoms with Gasteiger partial charge >= 0.3 is 5.97 Å². The lowest BCUT2D eigenvalue weighted by Crippen LogP contribution is -2.30. The van der Waals surface area contributed by atoms with Crippen molar-refractivity contribution in [3.63, 3.8) is 0 Å². The highest BCUT2D eigenvalue weighted by atomic mass is 16.6. The number of imidazole rings is 1. The Hall–Kier alpha value is -2.10. The number of ether oxygens (including phenoxy) is 2. The van der Waals surface area contributed by atoms with Crippen molar-refractivity contribution in [1.82, 2.24) is 4.57 Å². The van der Waals surface area contributed by atoms with Crippen LogP contribution in [0.2, 0.25) is 0 Å². The van der Waals surface area contributed by atoms with Crippen LogP contribution in [0.5, 0.6) is 0 Å². The number of carbonyl (C=O) groups is 1. The number of aromatic nitrogens is 2. The zero-order valence-corrected chi connectivity index (χ0v) is 13.0. The van der Waals surface area contributed by atoms with Crippen LogP contribution in [-0.2, 0) is 27.4 Å². The highest BCUT2D eigenvalue weighted by Gasteiger charge is 2.08. The second-order valence-electron chi connectivity index (χ2n) is 5.07. The van der Waals surface area contributed by atoms with Crippen molar-refractivity contribution in [1.29, 1.82) is 0 Å². The van der Waals surface area contributed by atoms with E-state index in [0.29, 0.717) is 18.8 Å². The molecule has 1 aromatic rings. The SMILES string of the molecule is CCCC[n+]1ccn(CCOCCOC(=O)C2=C=CC=C2)c1. The smallest absolute Gasteiger partial charge is 0.346 e. The number of nitrogens with zero attached hydrogens (tertiary/aromatic N) is 2. The summed E-state index contributed by atoms with van der Waals surface area (Å²) in [5, 5.41) is 0. The molecule has 0 saturated heterocycles. The lowest BCUT2D eigenvalue weighted by atomic mass is 10.3. The lowest BCUT2D eigenvalue weighted by molar-refractivity contribution is -0.696. The quantitative estimate of drug-likeness (QED) is 0.286. The first-order valence-electron chi connectivity index (χ1n) is 7.72. The molecule has 5 heteroatoms. The molecule has 0 spiro atoms. The molecule has 22 heavy (non-hydrogen) atoms. The Labute approximate surface area is 131 Å². The zero-order chi connectivity index (χ0) is 15.6. The van der Waals surface area contributed by atoms with Gasteiger partial charge in [0.15, 0.2) is 0 Å². The maximum atomic E-state index is 11.5. The summed E-state index contributed by atoms with van der Waals surface area (Å²) in [5.41, 5.74) is 3.27. The van der Waals surface area contributed by atoms with Crippen molar-refractivity contribution >= 4 is 5.97 Å². The number of allylic oxidation sites excluding steroid dienone is 1. The van der Waals surface area contributed by atoms with Crippen molar-refractivity contribution in [2.24, 2.45) is 0 Å². The third-order valence-electron chi connectivity index (χ3n) is 3.29. The topological polar surface area (TPSA) is 44.3 Å². The molecule has 0 aromatic carbocycles. The van der Waals surface area contributed by atoms with Gasteiger partial charge < -0.3 is 9.47 Å². The van der Waals surface area contributed by atoms with Gasteiger partial charge in [-0.15, -0.1) is 5.73 Å². The average Bonchev–Trinajstić information content (AvgIpc) is 3.20. The lowest BCUT2D eigenvalue weighted by Gasteiger charge is -2.04. The van der Waals surface area contributed by atoms with E-state index in [4.69, 9.17) is 9.47 Å². The molecule has 1 aromatic heterocycles. The molecule has 5 nitrogen and oxygen atoms in total. The predicted octanol–water partition coefficient (Wildman–Crippen LogP) is 1.79. The highest BCUT2D eigenvalue weighted by molar-refractivity contribution is 5.92. The minimum atomic E-state index is -0.351. The monoisotopic (exact) mass is 303 g/mol. The van der Waals surface area contributed by atoms with Gasteiger partial charge in [0.05, 0.1) is 19.8 Å². The Balaban J connectivity index is 1.54. The Bertz CT molecular complexity index is 580. The van der Waals surface area contributed by atoms with Crippen molar-refractivity contribution in [3.05, 3.63) is 48.3 Å². The van der Waals surface area contributed by atoms with Gasteiger partial charge in [-0.1, -0.05) is 19.4 Å². The first-order chi connectivity index (χ1) is 10.8. The summed E-state index contributed by atoms with van der Waals surface area (Å²) < 4.78 is 14.8. The molecule has 0 saturated carbocycles. The molecule has 0 N–H and O–H groups in total. The third-order valence-corrected chi connectivity index (χ3v) is 3.29. The number of unbranched alkanes of at least 4 members (excludes halogenated alkanes) is 1. The number of hydrogen-bond acceptors (Lipinski definition) is 3. The predicted molar refractivity (Wildman–Crippen MR) is 82.0 cm³/mol. The third kappa shape index (κ3) is 5.35. The second-order valence-corrected chi connectivity index (χ2v) is 5.07. The van der Waals surface area contributed by atoms with Gasteiger partial charge in [0.2, 0.25) is 6.33 Å². The Morgan fingerprint density at radius 3 is 3.05 bits per heavy atom. The number of esters is 1. The molecule has 0 unspecified atom stereocenters. The summed E-state index contributed by atoms with van der Waals surface area (Å²) in [6.07, 6.45) is 13.7. The minimum Gasteiger partial charge on any atom is -0.459 e. The van der Waals surface area contributed by atoms with E-state index in [9.17, 15) is 4.79 Å². The fourth-order valence-corrected chi connectivity index (χ4v) is 2.04. The second kappa shape index (κ2) is 9.03. The van der Waals surface area contributed by atoms with E-state index in [1.807, 2.05) is 6.20 Å². The molecule has 0 radical (unpaired) electrons. The molecular formula is C17H23N2O3+. The molecule has 0 bridgehead atoms. The van der Waals surface area contributed by atoms with Crippen LogP contribution in [0.3, 0.4) is 0 Å². The first kappa shape index (κ1) is 16.3. The molecule has 1 aliphatic carbocycles. The number of aryl methyl sites for hydroxylation is 1. The van der Waals surface area contributed by atoms with Gasteiger partial charge in [0, 0.05) is 0 Å². The zero-order valence-electron chi connectivity index (χ0n) is 13.0. The molecule has 0 aliphatic heterocycles. The van der Waals surface area contributed by atoms with Crippen LogP contribution in [-0.4, -0.2) is 30.4 Å². The van der Waals surface area contributed by atoms with E-state index < -0.39 is 0 Å². The summed E-state index contributed by atoms with van der Waals surface area (Å²) in [6.45, 7) is 5.31. The van der Waals surface area contributed by atoms with Crippen LogP contribution in [0, 0.1) is 0 Å². The molecule has 2 rings (SSSR count). The van der Waals surface area contributed by atoms with E-state index >= 15 is 0 Å². The first-order valence-corrected chi connectivity index (χ1v) is 7.72. The molecule has 0 amide bonds. The van der Waals surface area contributed by atoms with Crippen LogP contribution < -0.4 is 4.57 Å². The summed E-state index contributed by atoms with van der Waals surface area (Å²) >= 11 is 0. The van der Waals surface area contributed by atoms with E-state index in [2.05, 4.69) is 34.3 Å². The van der Waals surface area contributed by atoms with E-state index in [0.717, 1.165) is 13.1 Å². The van der Waals surface area contributed by atoms with Gasteiger partial charge in [-0.2, -0.15) is 0 Å². The largest absolute Gasteiger partial charge is 0.459 e. The maximum Gasteiger partial charge on any atom is 0.346 e. The van der Waals surface area contributed by atoms with Crippen LogP contribution in [0.4, 0.5) is 0 Å². The van der Waals surface area contributed by atoms with Gasteiger partial charge in [-0.05, 0) is 18.6 Å². The minimum absolute atomic E-state index is 0.264. The van der Waals surface area contributed by atoms with Gasteiger partial charge in [-0.3, -0.25) is 0 Å². The molecular weight excluding hydrogens is 280 g/mol. The maximum absolute atomic E-state index is 11.5. The van der Waals surface area contributed by atoms with Crippen molar-refractivity contribution in [3.8, 4) is 0 Å².